The molecule has 0 unspecified atom stereocenters. The third kappa shape index (κ3) is 4.46. The first-order valence-electron chi connectivity index (χ1n) is 12.3. The molecular weight excluding hydrogens is 522 g/mol. The number of aromatic nitrogens is 1. The number of anilines is 1. The number of nitrogens with zero attached hydrogens (tertiary/aromatic N) is 2. The van der Waals surface area contributed by atoms with Crippen LogP contribution >= 0.6 is 23.2 Å². The highest BCUT2D eigenvalue weighted by atomic mass is 35.5. The van der Waals surface area contributed by atoms with E-state index in [0.29, 0.717) is 39.9 Å². The van der Waals surface area contributed by atoms with Gasteiger partial charge in [-0.1, -0.05) is 34.4 Å². The second-order valence-corrected chi connectivity index (χ2v) is 10.8. The minimum absolute atomic E-state index is 0.00264. The van der Waals surface area contributed by atoms with Crippen LogP contribution < -0.4 is 4.90 Å². The molecule has 0 amide bonds. The maximum atomic E-state index is 14.2. The summed E-state index contributed by atoms with van der Waals surface area (Å²) < 4.78 is 25.8. The number of hydrogen-bond donors (Lipinski definition) is 1. The number of esters is 1. The van der Waals surface area contributed by atoms with Crippen molar-refractivity contribution in [2.45, 2.75) is 62.6 Å². The topological polar surface area (TPSA) is 92.9 Å². The Balaban J connectivity index is 1.25. The van der Waals surface area contributed by atoms with Crippen LogP contribution in [-0.4, -0.2) is 40.4 Å². The van der Waals surface area contributed by atoms with Crippen molar-refractivity contribution in [2.75, 3.05) is 4.90 Å². The van der Waals surface area contributed by atoms with Gasteiger partial charge in [0.25, 0.3) is 0 Å². The summed E-state index contributed by atoms with van der Waals surface area (Å²) >= 11 is 12.8. The van der Waals surface area contributed by atoms with Gasteiger partial charge in [0, 0.05) is 42.1 Å². The maximum absolute atomic E-state index is 14.2. The Morgan fingerprint density at radius 2 is 1.73 bits per heavy atom. The van der Waals surface area contributed by atoms with E-state index in [1.54, 1.807) is 18.2 Å². The van der Waals surface area contributed by atoms with Crippen LogP contribution in [0.25, 0.3) is 11.3 Å². The Hall–Kier alpha value is -3.10. The van der Waals surface area contributed by atoms with E-state index in [0.717, 1.165) is 31.7 Å². The van der Waals surface area contributed by atoms with E-state index < -0.39 is 17.8 Å². The van der Waals surface area contributed by atoms with Crippen molar-refractivity contribution in [1.82, 2.24) is 5.16 Å². The highest BCUT2D eigenvalue weighted by Crippen LogP contribution is 2.47. The smallest absolute Gasteiger partial charge is 0.344 e. The quantitative estimate of drug-likeness (QED) is 0.344. The lowest BCUT2D eigenvalue weighted by atomic mass is 9.98. The normalized spacial score (nSPS) is 22.8. The molecule has 37 heavy (non-hydrogen) atoms. The zero-order chi connectivity index (χ0) is 25.8. The van der Waals surface area contributed by atoms with Crippen molar-refractivity contribution < 1.29 is 28.3 Å². The zero-order valence-electron chi connectivity index (χ0n) is 19.6. The van der Waals surface area contributed by atoms with Crippen molar-refractivity contribution in [1.29, 1.82) is 0 Å². The molecule has 7 nitrogen and oxygen atoms in total. The lowest BCUT2D eigenvalue weighted by Crippen LogP contribution is -2.46. The predicted octanol–water partition coefficient (Wildman–Crippen LogP) is 6.72. The molecule has 3 fully saturated rings. The van der Waals surface area contributed by atoms with Crippen LogP contribution in [0.5, 0.6) is 0 Å². The SMILES string of the molecule is O=C(O)c1cc(F)cc(N2[C@@H]3CC[C@H]2C[C@@H](OC(=O)c2c(-c4c(Cl)cccc4Cl)noc2C2CC2)C3)c1. The molecule has 0 spiro atoms. The molecule has 3 aliphatic rings. The van der Waals surface area contributed by atoms with Gasteiger partial charge in [0.2, 0.25) is 0 Å². The van der Waals surface area contributed by atoms with Crippen LogP contribution in [-0.2, 0) is 4.74 Å². The van der Waals surface area contributed by atoms with Gasteiger partial charge in [0.05, 0.1) is 15.6 Å². The molecular formula is C27H23Cl2FN2O5. The van der Waals surface area contributed by atoms with E-state index in [4.69, 9.17) is 32.5 Å². The number of benzene rings is 2. The summed E-state index contributed by atoms with van der Waals surface area (Å²) in [5.74, 6) is -1.68. The highest BCUT2D eigenvalue weighted by Gasteiger charge is 2.44. The molecule has 1 aromatic heterocycles. The number of aromatic carboxylic acids is 1. The molecule has 1 aliphatic carbocycles. The van der Waals surface area contributed by atoms with Gasteiger partial charge >= 0.3 is 11.9 Å². The Morgan fingerprint density at radius 3 is 2.35 bits per heavy atom. The Labute approximate surface area is 222 Å². The van der Waals surface area contributed by atoms with Gasteiger partial charge in [0.1, 0.15) is 23.2 Å². The fourth-order valence-corrected chi connectivity index (χ4v) is 6.30. The first-order chi connectivity index (χ1) is 17.8. The Kier molecular flexibility index (Phi) is 6.12. The lowest BCUT2D eigenvalue weighted by Gasteiger charge is -2.40. The number of fused-ring (bicyclic) bond motifs is 2. The lowest BCUT2D eigenvalue weighted by molar-refractivity contribution is 0.0202. The fraction of sp³-hybridized carbons (Fsp3) is 0.370. The zero-order valence-corrected chi connectivity index (χ0v) is 21.1. The third-order valence-electron chi connectivity index (χ3n) is 7.46. The van der Waals surface area contributed by atoms with Crippen LogP contribution in [0.3, 0.4) is 0 Å². The van der Waals surface area contributed by atoms with Crippen molar-refractivity contribution in [3.63, 3.8) is 0 Å². The number of rotatable bonds is 6. The summed E-state index contributed by atoms with van der Waals surface area (Å²) in [7, 11) is 0. The Bertz CT molecular complexity index is 1370. The molecule has 1 saturated carbocycles. The average Bonchev–Trinajstić information content (AvgIpc) is 3.54. The summed E-state index contributed by atoms with van der Waals surface area (Å²) in [6, 6.07) is 8.96. The number of carbonyl (C=O) groups excluding carboxylic acids is 1. The van der Waals surface area contributed by atoms with Gasteiger partial charge in [0.15, 0.2) is 5.76 Å². The van der Waals surface area contributed by atoms with E-state index >= 15 is 0 Å². The van der Waals surface area contributed by atoms with Crippen molar-refractivity contribution in [2.24, 2.45) is 0 Å². The molecule has 0 radical (unpaired) electrons. The first kappa shape index (κ1) is 24.2. The van der Waals surface area contributed by atoms with E-state index in [1.165, 1.54) is 12.1 Å². The van der Waals surface area contributed by atoms with Crippen LogP contribution in [0.15, 0.2) is 40.9 Å². The average molecular weight is 545 g/mol. The van der Waals surface area contributed by atoms with Gasteiger partial charge in [-0.25, -0.2) is 14.0 Å². The largest absolute Gasteiger partial charge is 0.478 e. The molecule has 2 aliphatic heterocycles. The number of carboxylic acids is 1. The van der Waals surface area contributed by atoms with Crippen LogP contribution in [0.2, 0.25) is 10.0 Å². The minimum Gasteiger partial charge on any atom is -0.478 e. The van der Waals surface area contributed by atoms with Crippen molar-refractivity contribution in [3.8, 4) is 11.3 Å². The number of hydrogen-bond acceptors (Lipinski definition) is 6. The number of carbonyl (C=O) groups is 2. The van der Waals surface area contributed by atoms with E-state index in [9.17, 15) is 19.1 Å². The van der Waals surface area contributed by atoms with E-state index in [-0.39, 0.29) is 40.9 Å². The monoisotopic (exact) mass is 544 g/mol. The van der Waals surface area contributed by atoms with Crippen molar-refractivity contribution >= 4 is 40.8 Å². The third-order valence-corrected chi connectivity index (χ3v) is 8.09. The second-order valence-electron chi connectivity index (χ2n) is 9.94. The standard InChI is InChI=1S/C27H23Cl2FN2O5/c28-20-2-1-3-21(29)22(20)24-23(25(37-31-24)13-4-5-13)27(35)36-19-11-16-6-7-17(12-19)32(16)18-9-14(26(33)34)8-15(30)10-18/h1-3,8-10,13,16-17,19H,4-7,11-12H2,(H,33,34)/t16-,17+,19+. The van der Waals surface area contributed by atoms with Gasteiger partial charge in [-0.05, 0) is 56.0 Å². The molecule has 2 bridgehead atoms. The van der Waals surface area contributed by atoms with Crippen molar-refractivity contribution in [3.05, 3.63) is 69.1 Å². The molecule has 192 valence electrons. The Morgan fingerprint density at radius 1 is 1.05 bits per heavy atom. The molecule has 3 aromatic rings. The van der Waals surface area contributed by atoms with Crippen LogP contribution in [0.4, 0.5) is 10.1 Å². The molecule has 2 aromatic carbocycles. The number of piperidine rings is 1. The summed E-state index contributed by atoms with van der Waals surface area (Å²) in [4.78, 5) is 27.1. The number of ether oxygens (including phenoxy) is 1. The van der Waals surface area contributed by atoms with Crippen LogP contribution in [0.1, 0.15) is 70.9 Å². The summed E-state index contributed by atoms with van der Waals surface area (Å²) in [5.41, 5.74) is 1.44. The number of halogens is 3. The summed E-state index contributed by atoms with van der Waals surface area (Å²) in [5, 5.41) is 14.2. The van der Waals surface area contributed by atoms with Gasteiger partial charge < -0.3 is 19.3 Å². The van der Waals surface area contributed by atoms with Gasteiger partial charge in [-0.3, -0.25) is 0 Å². The minimum atomic E-state index is -1.17. The van der Waals surface area contributed by atoms with Crippen LogP contribution in [0, 0.1) is 5.82 Å². The molecule has 6 rings (SSSR count). The highest BCUT2D eigenvalue weighted by molar-refractivity contribution is 6.39. The van der Waals surface area contributed by atoms with E-state index in [2.05, 4.69) is 10.1 Å². The summed E-state index contributed by atoms with van der Waals surface area (Å²) in [6.07, 6.45) is 4.24. The molecule has 3 heterocycles. The van der Waals surface area contributed by atoms with Gasteiger partial charge in [-0.15, -0.1) is 0 Å². The van der Waals surface area contributed by atoms with Gasteiger partial charge in [-0.2, -0.15) is 0 Å². The fourth-order valence-electron chi connectivity index (χ4n) is 5.72. The predicted molar refractivity (Wildman–Crippen MR) is 135 cm³/mol. The first-order valence-corrected chi connectivity index (χ1v) is 13.0. The molecule has 2 saturated heterocycles. The molecule has 10 heteroatoms. The molecule has 3 atom stereocenters. The molecule has 1 N–H and O–H groups in total. The second kappa shape index (κ2) is 9.33. The number of carboxylic acid groups (broad SMARTS) is 1. The van der Waals surface area contributed by atoms with E-state index in [1.807, 2.05) is 0 Å². The maximum Gasteiger partial charge on any atom is 0.344 e. The summed E-state index contributed by atoms with van der Waals surface area (Å²) in [6.45, 7) is 0.